The highest BCUT2D eigenvalue weighted by Crippen LogP contribution is 2.26. The largest absolute Gasteiger partial charge is 0.335 e. The number of amidine groups is 1. The van der Waals surface area contributed by atoms with E-state index in [1.54, 1.807) is 11.8 Å². The zero-order valence-corrected chi connectivity index (χ0v) is 10.4. The van der Waals surface area contributed by atoms with Crippen molar-refractivity contribution in [2.24, 2.45) is 4.99 Å². The smallest absolute Gasteiger partial charge is 0.161 e. The van der Waals surface area contributed by atoms with Crippen molar-refractivity contribution in [1.82, 2.24) is 0 Å². The lowest BCUT2D eigenvalue weighted by molar-refractivity contribution is 0.509. The number of rotatable bonds is 3. The zero-order chi connectivity index (χ0) is 12.3. The average Bonchev–Trinajstić information content (AvgIpc) is 2.72. The van der Waals surface area contributed by atoms with Gasteiger partial charge in [0, 0.05) is 17.0 Å². The van der Waals surface area contributed by atoms with Crippen LogP contribution in [0, 0.1) is 11.6 Å². The first-order chi connectivity index (χ1) is 8.19. The molecule has 0 aliphatic carbocycles. The minimum absolute atomic E-state index is 0.507. The van der Waals surface area contributed by atoms with Gasteiger partial charge in [-0.05, 0) is 18.6 Å². The van der Waals surface area contributed by atoms with Gasteiger partial charge in [-0.1, -0.05) is 25.1 Å². The maximum absolute atomic E-state index is 13.0. The van der Waals surface area contributed by atoms with E-state index in [9.17, 15) is 8.78 Å². The van der Waals surface area contributed by atoms with Crippen molar-refractivity contribution in [2.75, 3.05) is 11.9 Å². The summed E-state index contributed by atoms with van der Waals surface area (Å²) in [6, 6.07) is 3.77. The van der Waals surface area contributed by atoms with Gasteiger partial charge in [-0.2, -0.15) is 0 Å². The van der Waals surface area contributed by atoms with Crippen LogP contribution in [0.3, 0.4) is 0 Å². The van der Waals surface area contributed by atoms with E-state index in [1.165, 1.54) is 6.07 Å². The zero-order valence-electron chi connectivity index (χ0n) is 9.54. The highest BCUT2D eigenvalue weighted by molar-refractivity contribution is 8.15. The van der Waals surface area contributed by atoms with Crippen LogP contribution in [0.25, 0.3) is 0 Å². The molecule has 1 atom stereocenters. The molecule has 1 N–H and O–H groups in total. The molecule has 1 aliphatic rings. The number of hydrogen-bond donors (Lipinski definition) is 1. The molecule has 2 nitrogen and oxygen atoms in total. The second kappa shape index (κ2) is 5.49. The van der Waals surface area contributed by atoms with Gasteiger partial charge in [0.15, 0.2) is 16.8 Å². The minimum atomic E-state index is -0.844. The number of hydrogen-bond acceptors (Lipinski definition) is 3. The third kappa shape index (κ3) is 3.19. The van der Waals surface area contributed by atoms with Crippen molar-refractivity contribution in [3.8, 4) is 0 Å². The quantitative estimate of drug-likeness (QED) is 0.892. The monoisotopic (exact) mass is 256 g/mol. The number of benzene rings is 1. The molecule has 1 aromatic rings. The summed E-state index contributed by atoms with van der Waals surface area (Å²) in [5, 5.41) is 4.30. The predicted molar refractivity (Wildman–Crippen MR) is 68.6 cm³/mol. The molecule has 1 heterocycles. The Kier molecular flexibility index (Phi) is 3.99. The summed E-state index contributed by atoms with van der Waals surface area (Å²) in [6.45, 7) is 2.94. The molecule has 0 spiro atoms. The van der Waals surface area contributed by atoms with Crippen LogP contribution in [-0.4, -0.2) is 17.0 Å². The van der Waals surface area contributed by atoms with Crippen LogP contribution in [0.4, 0.5) is 14.5 Å². The fourth-order valence-electron chi connectivity index (χ4n) is 1.66. The van der Waals surface area contributed by atoms with E-state index in [2.05, 4.69) is 17.2 Å². The van der Waals surface area contributed by atoms with Crippen LogP contribution in [0.5, 0.6) is 0 Å². The Balaban J connectivity index is 1.96. The number of anilines is 1. The van der Waals surface area contributed by atoms with Crippen molar-refractivity contribution in [3.63, 3.8) is 0 Å². The fraction of sp³-hybridized carbons (Fsp3) is 0.417. The van der Waals surface area contributed by atoms with Gasteiger partial charge in [-0.3, -0.25) is 4.99 Å². The molecular formula is C12H14F2N2S. The molecule has 0 amide bonds. The highest BCUT2D eigenvalue weighted by atomic mass is 32.2. The van der Waals surface area contributed by atoms with E-state index in [1.807, 2.05) is 0 Å². The second-order valence-electron chi connectivity index (χ2n) is 3.93. The number of nitrogens with one attached hydrogen (secondary N) is 1. The Hall–Kier alpha value is -1.10. The first-order valence-corrected chi connectivity index (χ1v) is 6.50. The molecule has 2 rings (SSSR count). The molecular weight excluding hydrogens is 242 g/mol. The van der Waals surface area contributed by atoms with Gasteiger partial charge >= 0.3 is 0 Å². The summed E-state index contributed by atoms with van der Waals surface area (Å²) in [7, 11) is 0. The van der Waals surface area contributed by atoms with E-state index in [0.29, 0.717) is 10.9 Å². The van der Waals surface area contributed by atoms with Crippen molar-refractivity contribution in [1.29, 1.82) is 0 Å². The van der Waals surface area contributed by atoms with Crippen molar-refractivity contribution in [2.45, 2.75) is 25.0 Å². The molecule has 1 aliphatic heterocycles. The van der Waals surface area contributed by atoms with Crippen molar-refractivity contribution in [3.05, 3.63) is 29.8 Å². The van der Waals surface area contributed by atoms with Gasteiger partial charge in [0.25, 0.3) is 0 Å². The Bertz CT molecular complexity index is 435. The second-order valence-corrected chi connectivity index (χ2v) is 5.22. The molecule has 0 saturated heterocycles. The molecule has 0 radical (unpaired) electrons. The Labute approximate surface area is 104 Å². The number of nitrogens with zero attached hydrogens (tertiary/aromatic N) is 1. The maximum Gasteiger partial charge on any atom is 0.161 e. The summed E-state index contributed by atoms with van der Waals surface area (Å²) in [6.07, 6.45) is 2.25. The van der Waals surface area contributed by atoms with Gasteiger partial charge < -0.3 is 5.32 Å². The van der Waals surface area contributed by atoms with Crippen LogP contribution >= 0.6 is 11.8 Å². The van der Waals surface area contributed by atoms with E-state index in [-0.39, 0.29) is 0 Å². The van der Waals surface area contributed by atoms with E-state index in [4.69, 9.17) is 0 Å². The maximum atomic E-state index is 13.0. The van der Waals surface area contributed by atoms with Gasteiger partial charge in [0.1, 0.15) is 0 Å². The van der Waals surface area contributed by atoms with Crippen LogP contribution in [0.2, 0.25) is 0 Å². The van der Waals surface area contributed by atoms with Gasteiger partial charge in [-0.15, -0.1) is 0 Å². The van der Waals surface area contributed by atoms with Crippen molar-refractivity contribution >= 4 is 22.6 Å². The topological polar surface area (TPSA) is 24.4 Å². The molecule has 0 aromatic heterocycles. The summed E-state index contributed by atoms with van der Waals surface area (Å²) in [5.41, 5.74) is 0.535. The lowest BCUT2D eigenvalue weighted by Crippen LogP contribution is -2.07. The molecule has 5 heteroatoms. The number of aliphatic imine (C=N–C) groups is 1. The van der Waals surface area contributed by atoms with E-state index < -0.39 is 11.6 Å². The first kappa shape index (κ1) is 12.4. The number of thioether (sulfide) groups is 1. The third-order valence-electron chi connectivity index (χ3n) is 2.50. The van der Waals surface area contributed by atoms with Crippen molar-refractivity contribution < 1.29 is 8.78 Å². The molecule has 1 aromatic carbocycles. The first-order valence-electron chi connectivity index (χ1n) is 5.62. The van der Waals surface area contributed by atoms with Crippen LogP contribution in [0.15, 0.2) is 23.2 Å². The normalized spacial score (nSPS) is 19.2. The molecule has 17 heavy (non-hydrogen) atoms. The van der Waals surface area contributed by atoms with Crippen LogP contribution < -0.4 is 5.32 Å². The standard InChI is InChI=1S/C12H14F2N2S/c1-2-3-9-7-15-12(17-9)16-8-4-5-10(13)11(14)6-8/h4-6,9H,2-3,7H2,1H3,(H,15,16). The molecule has 0 fully saturated rings. The Morgan fingerprint density at radius 1 is 1.41 bits per heavy atom. The minimum Gasteiger partial charge on any atom is -0.335 e. The van der Waals surface area contributed by atoms with Crippen LogP contribution in [-0.2, 0) is 0 Å². The van der Waals surface area contributed by atoms with Gasteiger partial charge in [0.2, 0.25) is 0 Å². The lowest BCUT2D eigenvalue weighted by Gasteiger charge is -2.08. The fourth-order valence-corrected chi connectivity index (χ4v) is 2.80. The molecule has 92 valence electrons. The molecule has 0 bridgehead atoms. The summed E-state index contributed by atoms with van der Waals surface area (Å²) in [5.74, 6) is -1.68. The Morgan fingerprint density at radius 2 is 2.24 bits per heavy atom. The number of halogens is 2. The molecule has 0 saturated carbocycles. The highest BCUT2D eigenvalue weighted by Gasteiger charge is 2.18. The summed E-state index contributed by atoms with van der Waals surface area (Å²) in [4.78, 5) is 4.34. The SMILES string of the molecule is CCCC1CN=C(Nc2ccc(F)c(F)c2)S1. The Morgan fingerprint density at radius 3 is 2.94 bits per heavy atom. The lowest BCUT2D eigenvalue weighted by atomic mass is 10.2. The average molecular weight is 256 g/mol. The summed E-state index contributed by atoms with van der Waals surface area (Å²) >= 11 is 1.66. The summed E-state index contributed by atoms with van der Waals surface area (Å²) < 4.78 is 25.7. The third-order valence-corrected chi connectivity index (χ3v) is 3.67. The predicted octanol–water partition coefficient (Wildman–Crippen LogP) is 3.65. The van der Waals surface area contributed by atoms with Crippen LogP contribution in [0.1, 0.15) is 19.8 Å². The van der Waals surface area contributed by atoms with Gasteiger partial charge in [0.05, 0.1) is 6.54 Å². The van der Waals surface area contributed by atoms with E-state index in [0.717, 1.165) is 36.7 Å². The van der Waals surface area contributed by atoms with E-state index >= 15 is 0 Å². The van der Waals surface area contributed by atoms with Gasteiger partial charge in [-0.25, -0.2) is 8.78 Å². The molecule has 1 unspecified atom stereocenters.